The highest BCUT2D eigenvalue weighted by Crippen LogP contribution is 2.23. The van der Waals surface area contributed by atoms with Crippen LogP contribution in [0.4, 0.5) is 11.4 Å². The van der Waals surface area contributed by atoms with Crippen LogP contribution in [0.3, 0.4) is 0 Å². The third kappa shape index (κ3) is 5.05. The van der Waals surface area contributed by atoms with E-state index < -0.39 is 14.6 Å². The minimum atomic E-state index is -3.44. The monoisotopic (exact) mass is 375 g/mol. The summed E-state index contributed by atoms with van der Waals surface area (Å²) >= 11 is 0. The molecule has 2 N–H and O–H groups in total. The molecule has 0 aliphatic rings. The number of pyridine rings is 1. The fraction of sp³-hybridized carbons (Fsp3) is 0.368. The second kappa shape index (κ2) is 7.86. The van der Waals surface area contributed by atoms with Crippen molar-refractivity contribution in [2.24, 2.45) is 0 Å². The summed E-state index contributed by atoms with van der Waals surface area (Å²) in [6, 6.07) is 10.9. The Morgan fingerprint density at radius 3 is 2.15 bits per heavy atom. The van der Waals surface area contributed by atoms with Gasteiger partial charge in [0.2, 0.25) is 5.91 Å². The molecule has 7 heteroatoms. The number of carbonyl (C=O) groups excluding carboxylic acids is 1. The summed E-state index contributed by atoms with van der Waals surface area (Å²) < 4.78 is 23.8. The highest BCUT2D eigenvalue weighted by Gasteiger charge is 2.31. The Morgan fingerprint density at radius 2 is 1.65 bits per heavy atom. The van der Waals surface area contributed by atoms with Crippen LogP contribution < -0.4 is 10.6 Å². The lowest BCUT2D eigenvalue weighted by molar-refractivity contribution is -0.114. The van der Waals surface area contributed by atoms with Crippen molar-refractivity contribution in [1.29, 1.82) is 0 Å². The number of anilines is 2. The Labute approximate surface area is 155 Å². The molecular weight excluding hydrogens is 350 g/mol. The molecule has 0 aliphatic carbocycles. The standard InChI is InChI=1S/C19H25N3O3S/c1-14(23)22-16-7-5-15(6-8-16)11-12-20-17-9-10-18(21-13-17)26(24,25)19(2,3)4/h5-10,13,20H,11-12H2,1-4H3,(H,22,23). The molecule has 0 bridgehead atoms. The third-order valence-corrected chi connectivity index (χ3v) is 6.24. The predicted molar refractivity (Wildman–Crippen MR) is 104 cm³/mol. The number of aromatic nitrogens is 1. The van der Waals surface area contributed by atoms with Gasteiger partial charge in [-0.05, 0) is 57.0 Å². The van der Waals surface area contributed by atoms with E-state index in [9.17, 15) is 13.2 Å². The molecule has 1 amide bonds. The first-order valence-electron chi connectivity index (χ1n) is 8.41. The molecule has 0 atom stereocenters. The van der Waals surface area contributed by atoms with Gasteiger partial charge in [0.1, 0.15) is 0 Å². The zero-order valence-corrected chi connectivity index (χ0v) is 16.4. The second-order valence-corrected chi connectivity index (χ2v) is 9.71. The first-order chi connectivity index (χ1) is 12.1. The van der Waals surface area contributed by atoms with Crippen molar-refractivity contribution in [3.05, 3.63) is 48.2 Å². The minimum Gasteiger partial charge on any atom is -0.383 e. The lowest BCUT2D eigenvalue weighted by Gasteiger charge is -2.18. The molecule has 2 rings (SSSR count). The van der Waals surface area contributed by atoms with E-state index in [4.69, 9.17) is 0 Å². The number of benzene rings is 1. The van der Waals surface area contributed by atoms with E-state index in [0.717, 1.165) is 23.4 Å². The van der Waals surface area contributed by atoms with Crippen LogP contribution in [-0.4, -0.2) is 30.6 Å². The largest absolute Gasteiger partial charge is 0.383 e. The van der Waals surface area contributed by atoms with E-state index in [-0.39, 0.29) is 10.9 Å². The number of sulfone groups is 1. The van der Waals surface area contributed by atoms with Crippen molar-refractivity contribution in [2.75, 3.05) is 17.2 Å². The molecular formula is C19H25N3O3S. The summed E-state index contributed by atoms with van der Waals surface area (Å²) in [5.74, 6) is -0.0937. The normalized spacial score (nSPS) is 11.8. The van der Waals surface area contributed by atoms with E-state index in [2.05, 4.69) is 15.6 Å². The summed E-state index contributed by atoms with van der Waals surface area (Å²) in [4.78, 5) is 15.1. The number of nitrogens with zero attached hydrogens (tertiary/aromatic N) is 1. The molecule has 1 heterocycles. The molecule has 26 heavy (non-hydrogen) atoms. The topological polar surface area (TPSA) is 88.2 Å². The molecule has 1 aromatic carbocycles. The zero-order valence-electron chi connectivity index (χ0n) is 15.5. The van der Waals surface area contributed by atoms with Gasteiger partial charge in [0.05, 0.1) is 16.6 Å². The van der Waals surface area contributed by atoms with E-state index >= 15 is 0 Å². The summed E-state index contributed by atoms with van der Waals surface area (Å²) in [6.45, 7) is 7.14. The van der Waals surface area contributed by atoms with Crippen LogP contribution in [-0.2, 0) is 21.1 Å². The van der Waals surface area contributed by atoms with Gasteiger partial charge in [0, 0.05) is 19.2 Å². The maximum absolute atomic E-state index is 12.3. The molecule has 2 aromatic rings. The highest BCUT2D eigenvalue weighted by molar-refractivity contribution is 7.92. The van der Waals surface area contributed by atoms with Crippen molar-refractivity contribution >= 4 is 27.1 Å². The fourth-order valence-corrected chi connectivity index (χ4v) is 3.33. The fourth-order valence-electron chi connectivity index (χ4n) is 2.27. The zero-order chi connectivity index (χ0) is 19.4. The maximum atomic E-state index is 12.3. The summed E-state index contributed by atoms with van der Waals surface area (Å²) in [7, 11) is -3.44. The van der Waals surface area contributed by atoms with E-state index in [1.165, 1.54) is 13.0 Å². The van der Waals surface area contributed by atoms with Crippen LogP contribution in [0.2, 0.25) is 0 Å². The number of rotatable bonds is 6. The molecule has 0 spiro atoms. The van der Waals surface area contributed by atoms with Crippen molar-refractivity contribution in [3.63, 3.8) is 0 Å². The lowest BCUT2D eigenvalue weighted by Crippen LogP contribution is -2.28. The van der Waals surface area contributed by atoms with Gasteiger partial charge in [-0.2, -0.15) is 0 Å². The Balaban J connectivity index is 1.91. The van der Waals surface area contributed by atoms with Crippen molar-refractivity contribution in [3.8, 4) is 0 Å². The molecule has 0 saturated heterocycles. The molecule has 0 fully saturated rings. The number of hydrogen-bond donors (Lipinski definition) is 2. The van der Waals surface area contributed by atoms with Gasteiger partial charge in [-0.15, -0.1) is 0 Å². The number of carbonyl (C=O) groups is 1. The second-order valence-electron chi connectivity index (χ2n) is 7.06. The molecule has 1 aromatic heterocycles. The van der Waals surface area contributed by atoms with Gasteiger partial charge in [-0.1, -0.05) is 12.1 Å². The average Bonchev–Trinajstić information content (AvgIpc) is 2.55. The first-order valence-corrected chi connectivity index (χ1v) is 9.89. The summed E-state index contributed by atoms with van der Waals surface area (Å²) in [5, 5.41) is 6.05. The Bertz CT molecular complexity index is 852. The quantitative estimate of drug-likeness (QED) is 0.809. The maximum Gasteiger partial charge on any atom is 0.221 e. The Hall–Kier alpha value is -2.41. The lowest BCUT2D eigenvalue weighted by atomic mass is 10.1. The minimum absolute atomic E-state index is 0.0871. The van der Waals surface area contributed by atoms with Gasteiger partial charge < -0.3 is 10.6 Å². The van der Waals surface area contributed by atoms with E-state index in [1.807, 2.05) is 24.3 Å². The van der Waals surface area contributed by atoms with Crippen LogP contribution in [0, 0.1) is 0 Å². The number of amides is 1. The van der Waals surface area contributed by atoms with Crippen LogP contribution in [0.15, 0.2) is 47.6 Å². The molecule has 0 unspecified atom stereocenters. The summed E-state index contributed by atoms with van der Waals surface area (Å²) in [6.07, 6.45) is 2.33. The Morgan fingerprint density at radius 1 is 1.04 bits per heavy atom. The number of nitrogens with one attached hydrogen (secondary N) is 2. The van der Waals surface area contributed by atoms with Crippen LogP contribution >= 0.6 is 0 Å². The van der Waals surface area contributed by atoms with Crippen LogP contribution in [0.25, 0.3) is 0 Å². The van der Waals surface area contributed by atoms with Crippen LogP contribution in [0.5, 0.6) is 0 Å². The first kappa shape index (κ1) is 19.9. The molecule has 0 aliphatic heterocycles. The average molecular weight is 375 g/mol. The van der Waals surface area contributed by atoms with Crippen LogP contribution in [0.1, 0.15) is 33.3 Å². The highest BCUT2D eigenvalue weighted by atomic mass is 32.2. The molecule has 140 valence electrons. The van der Waals surface area contributed by atoms with Crippen molar-refractivity contribution < 1.29 is 13.2 Å². The van der Waals surface area contributed by atoms with Gasteiger partial charge in [-0.3, -0.25) is 4.79 Å². The van der Waals surface area contributed by atoms with E-state index in [0.29, 0.717) is 6.54 Å². The molecule has 0 radical (unpaired) electrons. The van der Waals surface area contributed by atoms with Gasteiger partial charge in [-0.25, -0.2) is 13.4 Å². The summed E-state index contributed by atoms with van der Waals surface area (Å²) in [5.41, 5.74) is 2.67. The van der Waals surface area contributed by atoms with Gasteiger partial charge in [0.15, 0.2) is 14.9 Å². The molecule has 6 nitrogen and oxygen atoms in total. The molecule has 0 saturated carbocycles. The number of hydrogen-bond acceptors (Lipinski definition) is 5. The Kier molecular flexibility index (Phi) is 6.02. The van der Waals surface area contributed by atoms with Crippen molar-refractivity contribution in [1.82, 2.24) is 4.98 Å². The van der Waals surface area contributed by atoms with Gasteiger partial charge in [0.25, 0.3) is 0 Å². The third-order valence-electron chi connectivity index (χ3n) is 3.83. The van der Waals surface area contributed by atoms with Gasteiger partial charge >= 0.3 is 0 Å². The van der Waals surface area contributed by atoms with Crippen molar-refractivity contribution in [2.45, 2.75) is 43.9 Å². The predicted octanol–water partition coefficient (Wildman–Crippen LogP) is 3.27. The smallest absolute Gasteiger partial charge is 0.221 e. The SMILES string of the molecule is CC(=O)Nc1ccc(CCNc2ccc(S(=O)(=O)C(C)(C)C)nc2)cc1. The van der Waals surface area contributed by atoms with E-state index in [1.54, 1.807) is 33.0 Å².